The molecule has 0 atom stereocenters. The summed E-state index contributed by atoms with van der Waals surface area (Å²) >= 11 is 0. The molecule has 0 bridgehead atoms. The van der Waals surface area contributed by atoms with Crippen LogP contribution < -0.4 is 16.7 Å². The van der Waals surface area contributed by atoms with Crippen LogP contribution in [0.25, 0.3) is 0 Å². The van der Waals surface area contributed by atoms with Gasteiger partial charge in [-0.1, -0.05) is 0 Å². The fraction of sp³-hybridized carbons (Fsp3) is 0.667. The van der Waals surface area contributed by atoms with Crippen LogP contribution in [0.3, 0.4) is 0 Å². The monoisotopic (exact) mass is 134 g/mol. The largest absolute Gasteiger partial charge is 0.394 e. The van der Waals surface area contributed by atoms with E-state index < -0.39 is 0 Å². The van der Waals surface area contributed by atoms with Gasteiger partial charge in [0, 0.05) is 0 Å². The van der Waals surface area contributed by atoms with Crippen molar-refractivity contribution in [3.05, 3.63) is 0 Å². The lowest BCUT2D eigenvalue weighted by molar-refractivity contribution is 0.0510. The van der Waals surface area contributed by atoms with Crippen LogP contribution in [-0.4, -0.2) is 24.3 Å². The van der Waals surface area contributed by atoms with Crippen LogP contribution in [-0.2, 0) is 4.84 Å². The third kappa shape index (κ3) is 5.01. The molecule has 0 aromatic carbocycles. The van der Waals surface area contributed by atoms with Gasteiger partial charge in [0.05, 0.1) is 13.2 Å². The maximum atomic E-state index is 8.16. The average molecular weight is 134 g/mol. The van der Waals surface area contributed by atoms with Crippen molar-refractivity contribution in [2.75, 3.05) is 13.2 Å². The zero-order valence-corrected chi connectivity index (χ0v) is 4.85. The molecule has 0 rings (SSSR count). The predicted octanol–water partition coefficient (Wildman–Crippen LogP) is -2.10. The van der Waals surface area contributed by atoms with Crippen LogP contribution in [0.4, 0.5) is 0 Å². The van der Waals surface area contributed by atoms with E-state index >= 15 is 0 Å². The SMILES string of the molecule is N=C(NN)NOCCO. The van der Waals surface area contributed by atoms with E-state index in [2.05, 4.69) is 10.3 Å². The van der Waals surface area contributed by atoms with E-state index in [0.29, 0.717) is 0 Å². The first kappa shape index (κ1) is 8.15. The molecule has 54 valence electrons. The molecule has 0 aromatic heterocycles. The molecule has 0 fully saturated rings. The normalized spacial score (nSPS) is 8.67. The lowest BCUT2D eigenvalue weighted by Gasteiger charge is -2.04. The highest BCUT2D eigenvalue weighted by atomic mass is 16.6. The Bertz CT molecular complexity index is 85.9. The van der Waals surface area contributed by atoms with Gasteiger partial charge in [-0.2, -0.15) is 0 Å². The fourth-order valence-electron chi connectivity index (χ4n) is 0.198. The van der Waals surface area contributed by atoms with Crippen molar-refractivity contribution in [2.24, 2.45) is 5.84 Å². The maximum Gasteiger partial charge on any atom is 0.227 e. The van der Waals surface area contributed by atoms with Crippen LogP contribution in [0.5, 0.6) is 0 Å². The predicted molar refractivity (Wildman–Crippen MR) is 31.2 cm³/mol. The quantitative estimate of drug-likeness (QED) is 0.0999. The van der Waals surface area contributed by atoms with E-state index in [4.69, 9.17) is 16.4 Å². The number of hydrogen-bond donors (Lipinski definition) is 5. The highest BCUT2D eigenvalue weighted by molar-refractivity contribution is 5.74. The molecule has 6 nitrogen and oxygen atoms in total. The Morgan fingerprint density at radius 2 is 2.44 bits per heavy atom. The number of nitrogens with one attached hydrogen (secondary N) is 3. The standard InChI is InChI=1S/C3H10N4O2/c4-3(6-5)7-9-2-1-8/h8H,1-2,5H2,(H3,4,6,7). The molecule has 0 spiro atoms. The number of hydrogen-bond acceptors (Lipinski definition) is 4. The summed E-state index contributed by atoms with van der Waals surface area (Å²) in [6.07, 6.45) is 0. The second-order valence-corrected chi connectivity index (χ2v) is 1.19. The van der Waals surface area contributed by atoms with Crippen molar-refractivity contribution in [1.82, 2.24) is 10.9 Å². The summed E-state index contributed by atoms with van der Waals surface area (Å²) in [4.78, 5) is 4.47. The van der Waals surface area contributed by atoms with Crippen molar-refractivity contribution in [3.63, 3.8) is 0 Å². The van der Waals surface area contributed by atoms with E-state index in [1.165, 1.54) is 0 Å². The van der Waals surface area contributed by atoms with Gasteiger partial charge in [0.2, 0.25) is 5.96 Å². The van der Waals surface area contributed by atoms with Crippen LogP contribution in [0.2, 0.25) is 0 Å². The summed E-state index contributed by atoms with van der Waals surface area (Å²) in [6, 6.07) is 0. The zero-order valence-electron chi connectivity index (χ0n) is 4.85. The second kappa shape index (κ2) is 5.29. The number of nitrogens with two attached hydrogens (primary N) is 1. The van der Waals surface area contributed by atoms with Gasteiger partial charge < -0.3 is 5.11 Å². The molecule has 0 aliphatic heterocycles. The van der Waals surface area contributed by atoms with Gasteiger partial charge >= 0.3 is 0 Å². The van der Waals surface area contributed by atoms with Crippen molar-refractivity contribution < 1.29 is 9.94 Å². The second-order valence-electron chi connectivity index (χ2n) is 1.19. The smallest absolute Gasteiger partial charge is 0.227 e. The molecule has 0 saturated heterocycles. The molecule has 0 radical (unpaired) electrons. The van der Waals surface area contributed by atoms with Crippen molar-refractivity contribution in [3.8, 4) is 0 Å². The number of aliphatic hydroxyl groups is 1. The molecule has 0 saturated carbocycles. The molecular formula is C3H10N4O2. The first-order valence-corrected chi connectivity index (χ1v) is 2.35. The summed E-state index contributed by atoms with van der Waals surface area (Å²) in [5.74, 6) is 4.63. The number of aliphatic hydroxyl groups excluding tert-OH is 1. The average Bonchev–Trinajstić information content (AvgIpc) is 1.89. The van der Waals surface area contributed by atoms with Crippen molar-refractivity contribution >= 4 is 5.96 Å². The number of rotatable bonds is 3. The van der Waals surface area contributed by atoms with E-state index in [1.54, 1.807) is 0 Å². The van der Waals surface area contributed by atoms with Crippen molar-refractivity contribution in [2.45, 2.75) is 0 Å². The molecule has 6 heteroatoms. The summed E-state index contributed by atoms with van der Waals surface area (Å²) in [6.45, 7) is 0.0366. The third-order valence-corrected chi connectivity index (χ3v) is 0.512. The Kier molecular flexibility index (Phi) is 4.79. The van der Waals surface area contributed by atoms with E-state index in [-0.39, 0.29) is 19.2 Å². The number of hydroxylamine groups is 1. The number of hydrazine groups is 1. The van der Waals surface area contributed by atoms with E-state index in [1.807, 2.05) is 5.43 Å². The Morgan fingerprint density at radius 1 is 1.78 bits per heavy atom. The van der Waals surface area contributed by atoms with Crippen LogP contribution in [0, 0.1) is 5.41 Å². The molecule has 0 heterocycles. The van der Waals surface area contributed by atoms with Crippen LogP contribution in [0.15, 0.2) is 0 Å². The molecule has 0 aromatic rings. The molecular weight excluding hydrogens is 124 g/mol. The molecule has 9 heavy (non-hydrogen) atoms. The highest BCUT2D eigenvalue weighted by Crippen LogP contribution is 1.62. The molecule has 6 N–H and O–H groups in total. The Morgan fingerprint density at radius 3 is 2.89 bits per heavy atom. The summed E-state index contributed by atoms with van der Waals surface area (Å²) in [5, 5.41) is 14.9. The van der Waals surface area contributed by atoms with Gasteiger partial charge in [-0.3, -0.25) is 15.7 Å². The maximum absolute atomic E-state index is 8.16. The topological polar surface area (TPSA) is 103 Å². The molecule has 0 amide bonds. The van der Waals surface area contributed by atoms with Gasteiger partial charge in [-0.05, 0) is 0 Å². The number of guanidine groups is 1. The third-order valence-electron chi connectivity index (χ3n) is 0.512. The first-order valence-electron chi connectivity index (χ1n) is 2.35. The minimum atomic E-state index is -0.150. The Labute approximate surface area is 52.4 Å². The van der Waals surface area contributed by atoms with E-state index in [9.17, 15) is 0 Å². The Balaban J connectivity index is 2.97. The van der Waals surface area contributed by atoms with Gasteiger partial charge in [0.15, 0.2) is 0 Å². The lowest BCUT2D eigenvalue weighted by Crippen LogP contribution is -2.40. The van der Waals surface area contributed by atoms with Gasteiger partial charge in [-0.25, -0.2) is 11.3 Å². The van der Waals surface area contributed by atoms with E-state index in [0.717, 1.165) is 0 Å². The van der Waals surface area contributed by atoms with Gasteiger partial charge in [-0.15, -0.1) is 0 Å². The Hall–Kier alpha value is -0.850. The summed E-state index contributed by atoms with van der Waals surface area (Å²) in [5.41, 5.74) is 4.11. The summed E-state index contributed by atoms with van der Waals surface area (Å²) < 4.78 is 0. The lowest BCUT2D eigenvalue weighted by atomic mass is 10.8. The minimum absolute atomic E-state index is 0.0924. The van der Waals surface area contributed by atoms with Gasteiger partial charge in [0.25, 0.3) is 0 Å². The molecule has 0 aliphatic rings. The molecule has 0 aliphatic carbocycles. The van der Waals surface area contributed by atoms with Gasteiger partial charge in [0.1, 0.15) is 0 Å². The highest BCUT2D eigenvalue weighted by Gasteiger charge is 1.87. The minimum Gasteiger partial charge on any atom is -0.394 e. The summed E-state index contributed by atoms with van der Waals surface area (Å²) in [7, 11) is 0. The molecule has 0 unspecified atom stereocenters. The van der Waals surface area contributed by atoms with Crippen molar-refractivity contribution in [1.29, 1.82) is 5.41 Å². The fourth-order valence-corrected chi connectivity index (χ4v) is 0.198. The zero-order chi connectivity index (χ0) is 7.11. The first-order chi connectivity index (χ1) is 4.31. The van der Waals surface area contributed by atoms with Crippen LogP contribution >= 0.6 is 0 Å². The van der Waals surface area contributed by atoms with Crippen LogP contribution in [0.1, 0.15) is 0 Å².